The van der Waals surface area contributed by atoms with Crippen molar-refractivity contribution in [3.05, 3.63) is 57.8 Å². The van der Waals surface area contributed by atoms with Gasteiger partial charge in [-0.05, 0) is 58.9 Å². The Kier molecular flexibility index (Phi) is 6.14. The number of nitriles is 1. The monoisotopic (exact) mass is 441 g/mol. The van der Waals surface area contributed by atoms with Crippen LogP contribution in [0.25, 0.3) is 10.9 Å². The number of pyridine rings is 1. The van der Waals surface area contributed by atoms with E-state index in [1.807, 2.05) is 13.0 Å². The van der Waals surface area contributed by atoms with Gasteiger partial charge in [-0.1, -0.05) is 11.6 Å². The van der Waals surface area contributed by atoms with Crippen LogP contribution in [0.2, 0.25) is 5.15 Å². The van der Waals surface area contributed by atoms with E-state index in [-0.39, 0.29) is 27.9 Å². The Morgan fingerprint density at radius 2 is 2.06 bits per heavy atom. The largest absolute Gasteiger partial charge is 0.494 e. The number of hydrogen-bond donors (Lipinski definition) is 1. The molecule has 1 aliphatic heterocycles. The molecule has 0 unspecified atom stereocenters. The highest BCUT2D eigenvalue weighted by atomic mass is 35.5. The number of benzene rings is 1. The summed E-state index contributed by atoms with van der Waals surface area (Å²) in [6.07, 6.45) is 0. The molecule has 0 saturated heterocycles. The first kappa shape index (κ1) is 22.4. The fourth-order valence-electron chi connectivity index (χ4n) is 3.40. The second kappa shape index (κ2) is 8.48. The number of rotatable bonds is 4. The van der Waals surface area contributed by atoms with E-state index >= 15 is 0 Å². The SMILES string of the molecule is CCOc1ccc2nc(Cl)c([C@@H]3C(C#N)=C(N)OC(C)=C3C(=O)OC(C)(C)C)cc2c1. The van der Waals surface area contributed by atoms with Gasteiger partial charge in [0, 0.05) is 10.9 Å². The molecule has 1 atom stereocenters. The predicted molar refractivity (Wildman–Crippen MR) is 117 cm³/mol. The molecule has 0 spiro atoms. The van der Waals surface area contributed by atoms with Crippen LogP contribution in [0.1, 0.15) is 46.1 Å². The molecule has 0 radical (unpaired) electrons. The summed E-state index contributed by atoms with van der Waals surface area (Å²) in [5.41, 5.74) is 6.57. The minimum absolute atomic E-state index is 0.0653. The molecule has 0 saturated carbocycles. The summed E-state index contributed by atoms with van der Waals surface area (Å²) >= 11 is 6.53. The molecule has 2 heterocycles. The number of nitrogens with zero attached hydrogens (tertiary/aromatic N) is 2. The Morgan fingerprint density at radius 1 is 1.35 bits per heavy atom. The summed E-state index contributed by atoms with van der Waals surface area (Å²) in [7, 11) is 0. The summed E-state index contributed by atoms with van der Waals surface area (Å²) in [6.45, 7) is 9.29. The number of carbonyl (C=O) groups excluding carboxylic acids is 1. The minimum Gasteiger partial charge on any atom is -0.494 e. The van der Waals surface area contributed by atoms with Gasteiger partial charge >= 0.3 is 5.97 Å². The third-order valence-corrected chi connectivity index (χ3v) is 4.92. The van der Waals surface area contributed by atoms with Gasteiger partial charge < -0.3 is 19.9 Å². The van der Waals surface area contributed by atoms with E-state index in [1.165, 1.54) is 0 Å². The fraction of sp³-hybridized carbons (Fsp3) is 0.348. The van der Waals surface area contributed by atoms with Gasteiger partial charge in [-0.15, -0.1) is 0 Å². The van der Waals surface area contributed by atoms with Gasteiger partial charge in [0.2, 0.25) is 5.88 Å². The second-order valence-electron chi connectivity index (χ2n) is 8.05. The minimum atomic E-state index is -0.881. The smallest absolute Gasteiger partial charge is 0.338 e. The Balaban J connectivity index is 2.22. The Morgan fingerprint density at radius 3 is 2.68 bits per heavy atom. The number of allylic oxidation sites excluding steroid dienone is 2. The summed E-state index contributed by atoms with van der Waals surface area (Å²) in [6, 6.07) is 9.26. The van der Waals surface area contributed by atoms with Gasteiger partial charge in [-0.3, -0.25) is 0 Å². The van der Waals surface area contributed by atoms with Crippen molar-refractivity contribution in [2.75, 3.05) is 6.61 Å². The molecule has 3 rings (SSSR count). The number of esters is 1. The second-order valence-corrected chi connectivity index (χ2v) is 8.41. The Bertz CT molecular complexity index is 1160. The van der Waals surface area contributed by atoms with E-state index in [9.17, 15) is 10.1 Å². The first-order chi connectivity index (χ1) is 14.6. The molecule has 1 aromatic carbocycles. The molecular formula is C23H24ClN3O4. The van der Waals surface area contributed by atoms with Crippen LogP contribution in [-0.4, -0.2) is 23.2 Å². The molecule has 1 aromatic heterocycles. The van der Waals surface area contributed by atoms with Crippen LogP contribution in [0, 0.1) is 11.3 Å². The Labute approximate surface area is 186 Å². The van der Waals surface area contributed by atoms with Crippen molar-refractivity contribution in [3.63, 3.8) is 0 Å². The van der Waals surface area contributed by atoms with Crippen LogP contribution in [0.5, 0.6) is 5.75 Å². The average molecular weight is 442 g/mol. The molecule has 0 aliphatic carbocycles. The lowest BCUT2D eigenvalue weighted by molar-refractivity contribution is -0.150. The van der Waals surface area contributed by atoms with E-state index in [2.05, 4.69) is 11.1 Å². The lowest BCUT2D eigenvalue weighted by Gasteiger charge is -2.29. The molecule has 0 amide bonds. The van der Waals surface area contributed by atoms with Crippen LogP contribution in [-0.2, 0) is 14.3 Å². The Hall–Kier alpha value is -3.24. The third-order valence-electron chi connectivity index (χ3n) is 4.61. The molecule has 2 N–H and O–H groups in total. The zero-order chi connectivity index (χ0) is 22.9. The van der Waals surface area contributed by atoms with Crippen LogP contribution < -0.4 is 10.5 Å². The number of aromatic nitrogens is 1. The van der Waals surface area contributed by atoms with Crippen molar-refractivity contribution in [3.8, 4) is 11.8 Å². The van der Waals surface area contributed by atoms with E-state index in [4.69, 9.17) is 31.5 Å². The molecule has 0 fully saturated rings. The van der Waals surface area contributed by atoms with Gasteiger partial charge in [0.25, 0.3) is 0 Å². The normalized spacial score (nSPS) is 16.7. The van der Waals surface area contributed by atoms with Crippen molar-refractivity contribution >= 4 is 28.5 Å². The lowest BCUT2D eigenvalue weighted by Crippen LogP contribution is -2.30. The average Bonchev–Trinajstić information content (AvgIpc) is 2.66. The van der Waals surface area contributed by atoms with E-state index in [1.54, 1.807) is 45.9 Å². The highest BCUT2D eigenvalue weighted by Gasteiger charge is 2.39. The van der Waals surface area contributed by atoms with Crippen molar-refractivity contribution in [1.82, 2.24) is 4.98 Å². The van der Waals surface area contributed by atoms with Gasteiger partial charge in [0.15, 0.2) is 0 Å². The number of fused-ring (bicyclic) bond motifs is 1. The van der Waals surface area contributed by atoms with Gasteiger partial charge in [0.1, 0.15) is 33.9 Å². The van der Waals surface area contributed by atoms with Gasteiger partial charge in [-0.25, -0.2) is 9.78 Å². The molecule has 162 valence electrons. The van der Waals surface area contributed by atoms with E-state index in [0.717, 1.165) is 5.39 Å². The highest BCUT2D eigenvalue weighted by Crippen LogP contribution is 2.43. The maximum Gasteiger partial charge on any atom is 0.338 e. The molecular weight excluding hydrogens is 418 g/mol. The third kappa shape index (κ3) is 4.59. The standard InChI is InChI=1S/C23H24ClN3O4/c1-6-29-14-7-8-17-13(9-14)10-15(20(24)27-17)19-16(11-25)21(26)30-12(2)18(19)22(28)31-23(3,4)5/h7-10,19H,6,26H2,1-5H3/t19-/m1/s1. The van der Waals surface area contributed by atoms with Crippen molar-refractivity contribution in [2.45, 2.75) is 46.1 Å². The van der Waals surface area contributed by atoms with Crippen LogP contribution in [0.15, 0.2) is 47.1 Å². The van der Waals surface area contributed by atoms with E-state index < -0.39 is 17.5 Å². The number of halogens is 1. The topological polar surface area (TPSA) is 107 Å². The van der Waals surface area contributed by atoms with Gasteiger partial charge in [-0.2, -0.15) is 5.26 Å². The quantitative estimate of drug-likeness (QED) is 0.540. The van der Waals surface area contributed by atoms with Crippen molar-refractivity contribution in [1.29, 1.82) is 5.26 Å². The summed E-state index contributed by atoms with van der Waals surface area (Å²) in [5, 5.41) is 10.7. The van der Waals surface area contributed by atoms with Gasteiger partial charge in [0.05, 0.1) is 23.6 Å². The van der Waals surface area contributed by atoms with Crippen molar-refractivity contribution in [2.24, 2.45) is 5.73 Å². The van der Waals surface area contributed by atoms with Crippen LogP contribution in [0.4, 0.5) is 0 Å². The summed E-state index contributed by atoms with van der Waals surface area (Å²) < 4.78 is 16.6. The number of ether oxygens (including phenoxy) is 3. The van der Waals surface area contributed by atoms with Crippen LogP contribution >= 0.6 is 11.6 Å². The molecule has 1 aliphatic rings. The van der Waals surface area contributed by atoms with Crippen LogP contribution in [0.3, 0.4) is 0 Å². The number of hydrogen-bond acceptors (Lipinski definition) is 7. The predicted octanol–water partition coefficient (Wildman–Crippen LogP) is 4.71. The number of carbonyl (C=O) groups is 1. The van der Waals surface area contributed by atoms with E-state index in [0.29, 0.717) is 23.4 Å². The van der Waals surface area contributed by atoms with Crippen molar-refractivity contribution < 1.29 is 19.0 Å². The molecule has 0 bridgehead atoms. The summed E-state index contributed by atoms with van der Waals surface area (Å²) in [4.78, 5) is 17.5. The zero-order valence-corrected chi connectivity index (χ0v) is 18.8. The fourth-order valence-corrected chi connectivity index (χ4v) is 3.65. The maximum absolute atomic E-state index is 13.1. The molecule has 8 heteroatoms. The molecule has 2 aromatic rings. The first-order valence-corrected chi connectivity index (χ1v) is 10.2. The summed E-state index contributed by atoms with van der Waals surface area (Å²) in [5.74, 6) is -0.665. The molecule has 7 nitrogen and oxygen atoms in total. The number of nitrogens with two attached hydrogens (primary N) is 1. The highest BCUT2D eigenvalue weighted by molar-refractivity contribution is 6.30. The molecule has 31 heavy (non-hydrogen) atoms. The lowest BCUT2D eigenvalue weighted by atomic mass is 9.83. The first-order valence-electron chi connectivity index (χ1n) is 9.80. The zero-order valence-electron chi connectivity index (χ0n) is 18.1. The maximum atomic E-state index is 13.1.